The second-order valence-corrected chi connectivity index (χ2v) is 5.55. The maximum absolute atomic E-state index is 12.1. The van der Waals surface area contributed by atoms with E-state index in [0.29, 0.717) is 28.8 Å². The van der Waals surface area contributed by atoms with Crippen LogP contribution in [0.4, 0.5) is 5.13 Å². The summed E-state index contributed by atoms with van der Waals surface area (Å²) >= 11 is 1.40. The number of carbonyl (C=O) groups excluding carboxylic acids is 1. The number of thiazole rings is 1. The molecule has 3 rings (SSSR count). The average molecular weight is 314 g/mol. The molecule has 0 aliphatic rings. The van der Waals surface area contributed by atoms with Gasteiger partial charge < -0.3 is 4.52 Å². The highest BCUT2D eigenvalue weighted by atomic mass is 32.1. The van der Waals surface area contributed by atoms with E-state index in [1.165, 1.54) is 11.3 Å². The summed E-state index contributed by atoms with van der Waals surface area (Å²) in [6, 6.07) is 7.05. The van der Waals surface area contributed by atoms with Crippen molar-refractivity contribution >= 4 is 22.4 Å². The topological polar surface area (TPSA) is 80.9 Å². The van der Waals surface area contributed by atoms with E-state index in [-0.39, 0.29) is 5.91 Å². The fourth-order valence-corrected chi connectivity index (χ4v) is 2.55. The van der Waals surface area contributed by atoms with Gasteiger partial charge in [0.15, 0.2) is 5.13 Å². The van der Waals surface area contributed by atoms with E-state index in [1.54, 1.807) is 24.3 Å². The standard InChI is InChI=1S/C15H14N4O2S/c1-3-12-17-13(19-21-12)10-4-6-11(7-5-10)14(20)18-15-16-9(2)8-22-15/h4-8H,3H2,1-2H3,(H,16,18,20). The molecule has 3 aromatic rings. The van der Waals surface area contributed by atoms with E-state index < -0.39 is 0 Å². The number of anilines is 1. The van der Waals surface area contributed by atoms with Crippen LogP contribution in [0.1, 0.15) is 28.9 Å². The summed E-state index contributed by atoms with van der Waals surface area (Å²) in [6.45, 7) is 3.83. The molecule has 1 amide bonds. The summed E-state index contributed by atoms with van der Waals surface area (Å²) in [5.41, 5.74) is 2.25. The first-order valence-corrected chi connectivity index (χ1v) is 7.70. The number of nitrogens with zero attached hydrogens (tertiary/aromatic N) is 3. The zero-order valence-electron chi connectivity index (χ0n) is 12.2. The van der Waals surface area contributed by atoms with Crippen LogP contribution in [0.5, 0.6) is 0 Å². The Morgan fingerprint density at radius 3 is 2.64 bits per heavy atom. The summed E-state index contributed by atoms with van der Waals surface area (Å²) in [5, 5.41) is 9.16. The Morgan fingerprint density at radius 2 is 2.05 bits per heavy atom. The van der Waals surface area contributed by atoms with Crippen LogP contribution >= 0.6 is 11.3 Å². The van der Waals surface area contributed by atoms with Crippen molar-refractivity contribution in [2.75, 3.05) is 5.32 Å². The minimum atomic E-state index is -0.191. The molecule has 22 heavy (non-hydrogen) atoms. The van der Waals surface area contributed by atoms with Crippen molar-refractivity contribution in [3.05, 3.63) is 46.8 Å². The number of aryl methyl sites for hydroxylation is 2. The lowest BCUT2D eigenvalue weighted by atomic mass is 10.1. The monoisotopic (exact) mass is 314 g/mol. The molecule has 0 aliphatic heterocycles. The van der Waals surface area contributed by atoms with Crippen molar-refractivity contribution in [1.82, 2.24) is 15.1 Å². The van der Waals surface area contributed by atoms with Gasteiger partial charge in [0.1, 0.15) is 0 Å². The summed E-state index contributed by atoms with van der Waals surface area (Å²) in [6.07, 6.45) is 0.695. The Labute approximate surface area is 131 Å². The van der Waals surface area contributed by atoms with Crippen molar-refractivity contribution in [3.8, 4) is 11.4 Å². The Bertz CT molecular complexity index is 792. The van der Waals surface area contributed by atoms with Gasteiger partial charge in [-0.25, -0.2) is 4.98 Å². The predicted octanol–water partition coefficient (Wildman–Crippen LogP) is 3.32. The third kappa shape index (κ3) is 3.04. The number of nitrogens with one attached hydrogen (secondary N) is 1. The first-order valence-electron chi connectivity index (χ1n) is 6.82. The Morgan fingerprint density at radius 1 is 1.27 bits per heavy atom. The highest BCUT2D eigenvalue weighted by molar-refractivity contribution is 7.13. The molecule has 0 bridgehead atoms. The van der Waals surface area contributed by atoms with E-state index in [9.17, 15) is 4.79 Å². The van der Waals surface area contributed by atoms with Crippen molar-refractivity contribution < 1.29 is 9.32 Å². The van der Waals surface area contributed by atoms with Gasteiger partial charge >= 0.3 is 0 Å². The summed E-state index contributed by atoms with van der Waals surface area (Å²) in [4.78, 5) is 20.6. The molecule has 1 N–H and O–H groups in total. The molecule has 1 aromatic carbocycles. The molecule has 2 aromatic heterocycles. The molecule has 0 aliphatic carbocycles. The summed E-state index contributed by atoms with van der Waals surface area (Å²) in [7, 11) is 0. The lowest BCUT2D eigenvalue weighted by Gasteiger charge is -2.02. The lowest BCUT2D eigenvalue weighted by Crippen LogP contribution is -2.11. The van der Waals surface area contributed by atoms with E-state index >= 15 is 0 Å². The number of amides is 1. The highest BCUT2D eigenvalue weighted by Gasteiger charge is 2.11. The molecule has 2 heterocycles. The minimum Gasteiger partial charge on any atom is -0.339 e. The van der Waals surface area contributed by atoms with Crippen molar-refractivity contribution in [1.29, 1.82) is 0 Å². The second-order valence-electron chi connectivity index (χ2n) is 4.69. The van der Waals surface area contributed by atoms with E-state index in [1.807, 2.05) is 19.2 Å². The predicted molar refractivity (Wildman–Crippen MR) is 83.9 cm³/mol. The first kappa shape index (κ1) is 14.4. The van der Waals surface area contributed by atoms with Crippen LogP contribution in [0.25, 0.3) is 11.4 Å². The van der Waals surface area contributed by atoms with Gasteiger partial charge in [0.05, 0.1) is 5.69 Å². The van der Waals surface area contributed by atoms with Crippen LogP contribution in [0.15, 0.2) is 34.2 Å². The van der Waals surface area contributed by atoms with Crippen LogP contribution in [-0.2, 0) is 6.42 Å². The Hall–Kier alpha value is -2.54. The molecule has 6 nitrogen and oxygen atoms in total. The molecule has 0 atom stereocenters. The number of aromatic nitrogens is 3. The van der Waals surface area contributed by atoms with Crippen LogP contribution in [0.2, 0.25) is 0 Å². The van der Waals surface area contributed by atoms with Crippen LogP contribution < -0.4 is 5.32 Å². The van der Waals surface area contributed by atoms with Crippen molar-refractivity contribution in [2.24, 2.45) is 0 Å². The fraction of sp³-hybridized carbons (Fsp3) is 0.200. The van der Waals surface area contributed by atoms with Gasteiger partial charge in [0.25, 0.3) is 5.91 Å². The maximum Gasteiger partial charge on any atom is 0.257 e. The van der Waals surface area contributed by atoms with Crippen molar-refractivity contribution in [2.45, 2.75) is 20.3 Å². The largest absolute Gasteiger partial charge is 0.339 e. The zero-order valence-corrected chi connectivity index (χ0v) is 13.0. The summed E-state index contributed by atoms with van der Waals surface area (Å²) < 4.78 is 5.08. The van der Waals surface area contributed by atoms with Gasteiger partial charge in [0.2, 0.25) is 11.7 Å². The van der Waals surface area contributed by atoms with Gasteiger partial charge in [0, 0.05) is 22.9 Å². The number of carbonyl (C=O) groups is 1. The third-order valence-electron chi connectivity index (χ3n) is 3.02. The van der Waals surface area contributed by atoms with Crippen LogP contribution in [-0.4, -0.2) is 21.0 Å². The summed E-state index contributed by atoms with van der Waals surface area (Å²) in [5.74, 6) is 0.929. The Balaban J connectivity index is 1.74. The minimum absolute atomic E-state index is 0.191. The third-order valence-corrected chi connectivity index (χ3v) is 3.89. The molecule has 0 spiro atoms. The zero-order chi connectivity index (χ0) is 15.5. The van der Waals surface area contributed by atoms with Gasteiger partial charge in [-0.15, -0.1) is 11.3 Å². The quantitative estimate of drug-likeness (QED) is 0.799. The van der Waals surface area contributed by atoms with E-state index in [0.717, 1.165) is 11.3 Å². The molecule has 0 unspecified atom stereocenters. The SMILES string of the molecule is CCc1nc(-c2ccc(C(=O)Nc3nc(C)cs3)cc2)no1. The van der Waals surface area contributed by atoms with E-state index in [4.69, 9.17) is 4.52 Å². The normalized spacial score (nSPS) is 10.6. The van der Waals surface area contributed by atoms with Crippen LogP contribution in [0.3, 0.4) is 0 Å². The molecular weight excluding hydrogens is 300 g/mol. The number of hydrogen-bond donors (Lipinski definition) is 1. The fourth-order valence-electron chi connectivity index (χ4n) is 1.87. The van der Waals surface area contributed by atoms with Gasteiger partial charge in [-0.2, -0.15) is 4.98 Å². The Kier molecular flexibility index (Phi) is 3.97. The number of rotatable bonds is 4. The van der Waals surface area contributed by atoms with Gasteiger partial charge in [-0.05, 0) is 19.1 Å². The highest BCUT2D eigenvalue weighted by Crippen LogP contribution is 2.19. The van der Waals surface area contributed by atoms with Crippen molar-refractivity contribution in [3.63, 3.8) is 0 Å². The maximum atomic E-state index is 12.1. The first-order chi connectivity index (χ1) is 10.7. The number of hydrogen-bond acceptors (Lipinski definition) is 6. The molecule has 0 saturated heterocycles. The molecule has 7 heteroatoms. The molecule has 0 radical (unpaired) electrons. The second kappa shape index (κ2) is 6.07. The van der Waals surface area contributed by atoms with Gasteiger partial charge in [-0.3, -0.25) is 10.1 Å². The molecular formula is C15H14N4O2S. The average Bonchev–Trinajstić information content (AvgIpc) is 3.16. The van der Waals surface area contributed by atoms with Gasteiger partial charge in [-0.1, -0.05) is 24.2 Å². The molecule has 0 saturated carbocycles. The van der Waals surface area contributed by atoms with Crippen LogP contribution in [0, 0.1) is 6.92 Å². The smallest absolute Gasteiger partial charge is 0.257 e. The number of benzene rings is 1. The molecule has 112 valence electrons. The lowest BCUT2D eigenvalue weighted by molar-refractivity contribution is 0.102. The molecule has 0 fully saturated rings. The van der Waals surface area contributed by atoms with E-state index in [2.05, 4.69) is 20.4 Å².